The zero-order valence-corrected chi connectivity index (χ0v) is 23.4. The Morgan fingerprint density at radius 3 is 2.36 bits per heavy atom. The number of carbonyl (C=O) groups is 3. The smallest absolute Gasteiger partial charge is 0.272 e. The van der Waals surface area contributed by atoms with E-state index >= 15 is 0 Å². The fourth-order valence-electron chi connectivity index (χ4n) is 3.87. The van der Waals surface area contributed by atoms with E-state index in [9.17, 15) is 24.5 Å². The van der Waals surface area contributed by atoms with Crippen LogP contribution in [0.3, 0.4) is 0 Å². The Balaban J connectivity index is 1.52. The highest BCUT2D eigenvalue weighted by Crippen LogP contribution is 2.25. The molecule has 0 heterocycles. The highest BCUT2D eigenvalue weighted by Gasteiger charge is 2.17. The summed E-state index contributed by atoms with van der Waals surface area (Å²) >= 11 is 1.23. The maximum absolute atomic E-state index is 13.5. The Labute approximate surface area is 246 Å². The first-order valence-corrected chi connectivity index (χ1v) is 13.9. The summed E-state index contributed by atoms with van der Waals surface area (Å²) < 4.78 is 5.68. The summed E-state index contributed by atoms with van der Waals surface area (Å²) in [6.07, 6.45) is 1.55. The predicted octanol–water partition coefficient (Wildman–Crippen LogP) is 6.38. The van der Waals surface area contributed by atoms with Gasteiger partial charge in [-0.1, -0.05) is 54.6 Å². The second-order valence-corrected chi connectivity index (χ2v) is 9.90. The number of nitrogens with zero attached hydrogens (tertiary/aromatic N) is 1. The fourth-order valence-corrected chi connectivity index (χ4v) is 4.72. The van der Waals surface area contributed by atoms with Crippen molar-refractivity contribution in [2.45, 2.75) is 11.8 Å². The molecule has 0 spiro atoms. The number of Topliss-reactive ketones (excluding diaryl/α,β-unsaturated/α-hetero) is 1. The maximum atomic E-state index is 13.5. The highest BCUT2D eigenvalue weighted by atomic mass is 32.2. The second-order valence-electron chi connectivity index (χ2n) is 8.85. The SMILES string of the molecule is CCOc1ccccc1/C=C(\NC(=O)c1ccccc1)C(=O)Nc1cccc(SCC(=O)c2cccc([N+](=O)[O-])c2)c1. The first-order valence-electron chi connectivity index (χ1n) is 13.0. The minimum atomic E-state index is -0.555. The first kappa shape index (κ1) is 29.8. The zero-order valence-electron chi connectivity index (χ0n) is 22.6. The molecule has 0 aromatic heterocycles. The molecule has 4 rings (SSSR count). The van der Waals surface area contributed by atoms with Crippen LogP contribution in [0.2, 0.25) is 0 Å². The third-order valence-corrected chi connectivity index (χ3v) is 6.88. The monoisotopic (exact) mass is 581 g/mol. The largest absolute Gasteiger partial charge is 0.493 e. The van der Waals surface area contributed by atoms with Crippen molar-refractivity contribution in [2.24, 2.45) is 0 Å². The van der Waals surface area contributed by atoms with Gasteiger partial charge in [-0.15, -0.1) is 11.8 Å². The van der Waals surface area contributed by atoms with Gasteiger partial charge in [0.05, 0.1) is 17.3 Å². The minimum Gasteiger partial charge on any atom is -0.493 e. The van der Waals surface area contributed by atoms with Crippen LogP contribution in [0.25, 0.3) is 6.08 Å². The van der Waals surface area contributed by atoms with Gasteiger partial charge in [-0.25, -0.2) is 0 Å². The lowest BCUT2D eigenvalue weighted by molar-refractivity contribution is -0.384. The number of nitro benzene ring substituents is 1. The van der Waals surface area contributed by atoms with E-state index in [0.29, 0.717) is 34.1 Å². The number of anilines is 1. The average Bonchev–Trinajstić information content (AvgIpc) is 3.01. The molecule has 212 valence electrons. The van der Waals surface area contributed by atoms with Crippen molar-refractivity contribution in [1.29, 1.82) is 0 Å². The van der Waals surface area contributed by atoms with Crippen molar-refractivity contribution in [2.75, 3.05) is 17.7 Å². The molecule has 9 nitrogen and oxygen atoms in total. The Morgan fingerprint density at radius 2 is 1.60 bits per heavy atom. The zero-order chi connectivity index (χ0) is 29.9. The van der Waals surface area contributed by atoms with Crippen molar-refractivity contribution >= 4 is 46.8 Å². The summed E-state index contributed by atoms with van der Waals surface area (Å²) in [6, 6.07) is 28.2. The van der Waals surface area contributed by atoms with E-state index in [1.54, 1.807) is 78.9 Å². The quantitative estimate of drug-likeness (QED) is 0.0653. The van der Waals surface area contributed by atoms with Crippen LogP contribution in [0.15, 0.2) is 114 Å². The lowest BCUT2D eigenvalue weighted by Gasteiger charge is -2.13. The summed E-state index contributed by atoms with van der Waals surface area (Å²) in [4.78, 5) is 50.2. The molecule has 0 aliphatic carbocycles. The number of rotatable bonds is 12. The fraction of sp³-hybridized carbons (Fsp3) is 0.0938. The van der Waals surface area contributed by atoms with Crippen LogP contribution in [-0.4, -0.2) is 34.9 Å². The van der Waals surface area contributed by atoms with E-state index in [0.717, 1.165) is 0 Å². The molecule has 0 saturated carbocycles. The molecule has 2 amide bonds. The molecule has 0 aliphatic heterocycles. The number of carbonyl (C=O) groups excluding carboxylic acids is 3. The van der Waals surface area contributed by atoms with Gasteiger partial charge >= 0.3 is 0 Å². The molecular weight excluding hydrogens is 554 g/mol. The van der Waals surface area contributed by atoms with Gasteiger partial charge in [0.1, 0.15) is 11.4 Å². The van der Waals surface area contributed by atoms with Crippen LogP contribution >= 0.6 is 11.8 Å². The predicted molar refractivity (Wildman–Crippen MR) is 163 cm³/mol. The minimum absolute atomic E-state index is 0.00918. The van der Waals surface area contributed by atoms with Gasteiger partial charge in [0.2, 0.25) is 0 Å². The molecule has 0 saturated heterocycles. The van der Waals surface area contributed by atoms with E-state index in [-0.39, 0.29) is 28.5 Å². The number of non-ortho nitro benzene ring substituents is 1. The van der Waals surface area contributed by atoms with Crippen LogP contribution < -0.4 is 15.4 Å². The molecule has 0 atom stereocenters. The maximum Gasteiger partial charge on any atom is 0.272 e. The van der Waals surface area contributed by atoms with Gasteiger partial charge in [-0.05, 0) is 49.4 Å². The Kier molecular flexibility index (Phi) is 10.2. The first-order chi connectivity index (χ1) is 20.3. The van der Waals surface area contributed by atoms with Crippen LogP contribution in [0, 0.1) is 10.1 Å². The lowest BCUT2D eigenvalue weighted by atomic mass is 10.1. The molecule has 10 heteroatoms. The topological polar surface area (TPSA) is 128 Å². The summed E-state index contributed by atoms with van der Waals surface area (Å²) in [5, 5.41) is 16.6. The summed E-state index contributed by atoms with van der Waals surface area (Å²) in [5.41, 5.74) is 1.56. The third kappa shape index (κ3) is 8.15. The van der Waals surface area contributed by atoms with Crippen molar-refractivity contribution in [3.63, 3.8) is 0 Å². The Morgan fingerprint density at radius 1 is 0.881 bits per heavy atom. The number of benzene rings is 4. The number of hydrogen-bond acceptors (Lipinski definition) is 7. The van der Waals surface area contributed by atoms with E-state index in [1.165, 1.54) is 36.0 Å². The van der Waals surface area contributed by atoms with Crippen LogP contribution in [0.5, 0.6) is 5.75 Å². The molecule has 0 radical (unpaired) electrons. The van der Waals surface area contributed by atoms with Crippen molar-refractivity contribution in [3.05, 3.63) is 136 Å². The number of ketones is 1. The van der Waals surface area contributed by atoms with Gasteiger partial charge in [0.15, 0.2) is 5.78 Å². The molecule has 2 N–H and O–H groups in total. The molecular formula is C32H27N3O6S. The molecule has 4 aromatic rings. The Bertz CT molecular complexity index is 1640. The van der Waals surface area contributed by atoms with Gasteiger partial charge in [-0.3, -0.25) is 24.5 Å². The van der Waals surface area contributed by atoms with Crippen molar-refractivity contribution in [3.8, 4) is 5.75 Å². The van der Waals surface area contributed by atoms with Crippen LogP contribution in [0.4, 0.5) is 11.4 Å². The number of nitro groups is 1. The normalized spacial score (nSPS) is 10.9. The van der Waals surface area contributed by atoms with E-state index in [1.807, 2.05) is 13.0 Å². The summed E-state index contributed by atoms with van der Waals surface area (Å²) in [7, 11) is 0. The van der Waals surface area contributed by atoms with Gasteiger partial charge in [0, 0.05) is 39.4 Å². The van der Waals surface area contributed by atoms with Gasteiger partial charge < -0.3 is 15.4 Å². The second kappa shape index (κ2) is 14.4. The van der Waals surface area contributed by atoms with E-state index in [4.69, 9.17) is 4.74 Å². The number of ether oxygens (including phenoxy) is 1. The highest BCUT2D eigenvalue weighted by molar-refractivity contribution is 8.00. The van der Waals surface area contributed by atoms with E-state index < -0.39 is 16.7 Å². The van der Waals surface area contributed by atoms with Crippen molar-refractivity contribution < 1.29 is 24.0 Å². The number of thioether (sulfide) groups is 1. The summed E-state index contributed by atoms with van der Waals surface area (Å²) in [6.45, 7) is 2.28. The molecule has 0 bridgehead atoms. The molecule has 0 unspecified atom stereocenters. The number of nitrogens with one attached hydrogen (secondary N) is 2. The average molecular weight is 582 g/mol. The molecule has 0 fully saturated rings. The van der Waals surface area contributed by atoms with Gasteiger partial charge in [0.25, 0.3) is 17.5 Å². The van der Waals surface area contributed by atoms with Gasteiger partial charge in [-0.2, -0.15) is 0 Å². The standard InChI is InChI=1S/C32H27N3O6S/c1-2-41-30-17-7-6-12-24(30)19-28(34-31(37)22-10-4-3-5-11-22)32(38)33-25-14-9-16-27(20-25)42-21-29(36)23-13-8-15-26(18-23)35(39)40/h3-20H,2,21H2,1H3,(H,33,38)(H,34,37)/b28-19-. The van der Waals surface area contributed by atoms with Crippen LogP contribution in [-0.2, 0) is 4.79 Å². The summed E-state index contributed by atoms with van der Waals surface area (Å²) in [5.74, 6) is -0.660. The number of para-hydroxylation sites is 1. The van der Waals surface area contributed by atoms with Crippen LogP contribution in [0.1, 0.15) is 33.2 Å². The Hall–Kier alpha value is -5.22. The number of hydrogen-bond donors (Lipinski definition) is 2. The number of amides is 2. The molecule has 0 aliphatic rings. The van der Waals surface area contributed by atoms with Crippen molar-refractivity contribution in [1.82, 2.24) is 5.32 Å². The molecule has 4 aromatic carbocycles. The lowest BCUT2D eigenvalue weighted by Crippen LogP contribution is -2.30. The third-order valence-electron chi connectivity index (χ3n) is 5.89. The van der Waals surface area contributed by atoms with E-state index in [2.05, 4.69) is 10.6 Å². The molecule has 42 heavy (non-hydrogen) atoms.